The van der Waals surface area contributed by atoms with Gasteiger partial charge >= 0.3 is 12.1 Å². The van der Waals surface area contributed by atoms with E-state index in [0.717, 1.165) is 49.9 Å². The van der Waals surface area contributed by atoms with E-state index < -0.39 is 42.7 Å². The molecule has 1 fully saturated rings. The molecule has 2 N–H and O–H groups in total. The summed E-state index contributed by atoms with van der Waals surface area (Å²) in [6.45, 7) is 1.23. The summed E-state index contributed by atoms with van der Waals surface area (Å²) in [6, 6.07) is 3.68. The number of rotatable bonds is 6. The number of carbonyl (C=O) groups is 3. The van der Waals surface area contributed by atoms with Crippen molar-refractivity contribution < 1.29 is 32.3 Å². The Morgan fingerprint density at radius 3 is 2.25 bits per heavy atom. The first-order valence-corrected chi connectivity index (χ1v) is 9.05. The molecule has 1 aliphatic carbocycles. The summed E-state index contributed by atoms with van der Waals surface area (Å²) in [4.78, 5) is 35.3. The normalized spacial score (nSPS) is 19.6. The molecule has 154 valence electrons. The van der Waals surface area contributed by atoms with Crippen molar-refractivity contribution in [2.75, 3.05) is 13.2 Å². The Morgan fingerprint density at radius 2 is 1.68 bits per heavy atom. The molecule has 0 radical (unpaired) electrons. The molecule has 0 aromatic heterocycles. The Kier molecular flexibility index (Phi) is 7.42. The van der Waals surface area contributed by atoms with Crippen LogP contribution in [0.3, 0.4) is 0 Å². The topological polar surface area (TPSA) is 84.5 Å². The summed E-state index contributed by atoms with van der Waals surface area (Å²) in [7, 11) is 0. The Labute approximate surface area is 160 Å². The minimum Gasteiger partial charge on any atom is -0.454 e. The number of halogens is 3. The van der Waals surface area contributed by atoms with E-state index in [9.17, 15) is 27.6 Å². The van der Waals surface area contributed by atoms with Crippen LogP contribution in [-0.4, -0.2) is 37.0 Å². The smallest absolute Gasteiger partial charge is 0.416 e. The highest BCUT2D eigenvalue weighted by molar-refractivity contribution is 5.96. The van der Waals surface area contributed by atoms with E-state index in [-0.39, 0.29) is 11.6 Å². The van der Waals surface area contributed by atoms with Gasteiger partial charge in [-0.2, -0.15) is 13.2 Å². The maximum atomic E-state index is 12.5. The van der Waals surface area contributed by atoms with Gasteiger partial charge in [-0.25, -0.2) is 0 Å². The minimum absolute atomic E-state index is 0.0231. The molecule has 0 aliphatic heterocycles. The Morgan fingerprint density at radius 1 is 1.07 bits per heavy atom. The zero-order chi connectivity index (χ0) is 20.7. The molecular formula is C19H23F3N2O4. The maximum absolute atomic E-state index is 12.5. The maximum Gasteiger partial charge on any atom is 0.416 e. The van der Waals surface area contributed by atoms with E-state index in [0.29, 0.717) is 5.92 Å². The van der Waals surface area contributed by atoms with Crippen LogP contribution in [0.4, 0.5) is 13.2 Å². The average Bonchev–Trinajstić information content (AvgIpc) is 2.65. The second-order valence-electron chi connectivity index (χ2n) is 6.94. The van der Waals surface area contributed by atoms with Crippen molar-refractivity contribution in [2.45, 2.75) is 44.8 Å². The van der Waals surface area contributed by atoms with Crippen LogP contribution < -0.4 is 10.6 Å². The molecule has 28 heavy (non-hydrogen) atoms. The Bertz CT molecular complexity index is 696. The van der Waals surface area contributed by atoms with Crippen LogP contribution >= 0.6 is 0 Å². The number of esters is 1. The molecule has 0 saturated heterocycles. The third-order valence-corrected chi connectivity index (χ3v) is 4.61. The number of alkyl halides is 3. The highest BCUT2D eigenvalue weighted by Crippen LogP contribution is 2.29. The van der Waals surface area contributed by atoms with E-state index in [1.54, 1.807) is 0 Å². The number of carbonyl (C=O) groups excluding carboxylic acids is 3. The summed E-state index contributed by atoms with van der Waals surface area (Å²) in [5, 5.41) is 5.05. The molecule has 6 nitrogen and oxygen atoms in total. The van der Waals surface area contributed by atoms with Crippen molar-refractivity contribution in [2.24, 2.45) is 5.92 Å². The van der Waals surface area contributed by atoms with Crippen LogP contribution in [-0.2, 0) is 20.5 Å². The van der Waals surface area contributed by atoms with E-state index in [2.05, 4.69) is 17.6 Å². The van der Waals surface area contributed by atoms with Crippen LogP contribution in [0, 0.1) is 5.92 Å². The molecule has 2 rings (SSSR count). The molecule has 0 unspecified atom stereocenters. The third-order valence-electron chi connectivity index (χ3n) is 4.61. The van der Waals surface area contributed by atoms with Gasteiger partial charge in [0.05, 0.1) is 5.56 Å². The predicted octanol–water partition coefficient (Wildman–Crippen LogP) is 2.67. The summed E-state index contributed by atoms with van der Waals surface area (Å²) in [5.74, 6) is -1.28. The summed E-state index contributed by atoms with van der Waals surface area (Å²) in [6.07, 6.45) is -0.620. The molecule has 1 aromatic rings. The van der Waals surface area contributed by atoms with Crippen LogP contribution in [0.5, 0.6) is 0 Å². The standard InChI is InChI=1S/C19H23F3N2O4/c1-12-2-8-15(9-3-12)24-16(25)11-28-17(26)10-23-18(27)13-4-6-14(7-5-13)19(20,21)22/h4-7,12,15H,2-3,8-11H2,1H3,(H,23,27)(H,24,25). The first kappa shape index (κ1) is 21.7. The number of hydrogen-bond acceptors (Lipinski definition) is 4. The zero-order valence-corrected chi connectivity index (χ0v) is 15.5. The van der Waals surface area contributed by atoms with Gasteiger partial charge < -0.3 is 15.4 Å². The summed E-state index contributed by atoms with van der Waals surface area (Å²) in [5.41, 5.74) is -0.896. The van der Waals surface area contributed by atoms with Crippen molar-refractivity contribution in [3.05, 3.63) is 35.4 Å². The highest BCUT2D eigenvalue weighted by atomic mass is 19.4. The fourth-order valence-electron chi connectivity index (χ4n) is 2.94. The lowest BCUT2D eigenvalue weighted by Gasteiger charge is -2.26. The van der Waals surface area contributed by atoms with Crippen LogP contribution in [0.1, 0.15) is 48.5 Å². The van der Waals surface area contributed by atoms with Crippen molar-refractivity contribution in [1.29, 1.82) is 0 Å². The lowest BCUT2D eigenvalue weighted by Crippen LogP contribution is -2.40. The van der Waals surface area contributed by atoms with Crippen molar-refractivity contribution in [3.63, 3.8) is 0 Å². The lowest BCUT2D eigenvalue weighted by molar-refractivity contribution is -0.147. The molecule has 0 heterocycles. The largest absolute Gasteiger partial charge is 0.454 e. The summed E-state index contributed by atoms with van der Waals surface area (Å²) >= 11 is 0. The number of ether oxygens (including phenoxy) is 1. The fourth-order valence-corrected chi connectivity index (χ4v) is 2.94. The molecule has 1 aromatic carbocycles. The number of benzene rings is 1. The number of amides is 2. The van der Waals surface area contributed by atoms with Gasteiger partial charge in [0.15, 0.2) is 6.61 Å². The van der Waals surface area contributed by atoms with Gasteiger partial charge in [-0.1, -0.05) is 6.92 Å². The van der Waals surface area contributed by atoms with Gasteiger partial charge in [-0.05, 0) is 55.9 Å². The van der Waals surface area contributed by atoms with Gasteiger partial charge in [-0.3, -0.25) is 14.4 Å². The number of hydrogen-bond donors (Lipinski definition) is 2. The van der Waals surface area contributed by atoms with Gasteiger partial charge in [-0.15, -0.1) is 0 Å². The van der Waals surface area contributed by atoms with E-state index in [4.69, 9.17) is 4.74 Å². The molecule has 1 aliphatic rings. The zero-order valence-electron chi connectivity index (χ0n) is 15.5. The second kappa shape index (κ2) is 9.57. The van der Waals surface area contributed by atoms with Gasteiger partial charge in [0.25, 0.3) is 11.8 Å². The Balaban J connectivity index is 1.68. The van der Waals surface area contributed by atoms with Gasteiger partial charge in [0, 0.05) is 11.6 Å². The van der Waals surface area contributed by atoms with E-state index >= 15 is 0 Å². The van der Waals surface area contributed by atoms with Crippen LogP contribution in [0.25, 0.3) is 0 Å². The first-order chi connectivity index (χ1) is 13.1. The highest BCUT2D eigenvalue weighted by Gasteiger charge is 2.30. The molecular weight excluding hydrogens is 377 g/mol. The molecule has 9 heteroatoms. The van der Waals surface area contributed by atoms with Crippen molar-refractivity contribution >= 4 is 17.8 Å². The number of nitrogens with one attached hydrogen (secondary N) is 2. The minimum atomic E-state index is -4.49. The van der Waals surface area contributed by atoms with Gasteiger partial charge in [0.1, 0.15) is 6.54 Å². The SMILES string of the molecule is CC1CCC(NC(=O)COC(=O)CNC(=O)c2ccc(C(F)(F)F)cc2)CC1. The van der Waals surface area contributed by atoms with Crippen LogP contribution in [0.2, 0.25) is 0 Å². The molecule has 0 bridgehead atoms. The fraction of sp³-hybridized carbons (Fsp3) is 0.526. The van der Waals surface area contributed by atoms with Gasteiger partial charge in [0.2, 0.25) is 0 Å². The molecule has 1 saturated carbocycles. The van der Waals surface area contributed by atoms with E-state index in [1.165, 1.54) is 0 Å². The first-order valence-electron chi connectivity index (χ1n) is 9.05. The van der Waals surface area contributed by atoms with Crippen LogP contribution in [0.15, 0.2) is 24.3 Å². The van der Waals surface area contributed by atoms with E-state index in [1.807, 2.05) is 0 Å². The molecule has 0 spiro atoms. The monoisotopic (exact) mass is 400 g/mol. The average molecular weight is 400 g/mol. The predicted molar refractivity (Wildman–Crippen MR) is 94.3 cm³/mol. The van der Waals surface area contributed by atoms with Crippen molar-refractivity contribution in [3.8, 4) is 0 Å². The molecule has 0 atom stereocenters. The quantitative estimate of drug-likeness (QED) is 0.719. The second-order valence-corrected chi connectivity index (χ2v) is 6.94. The lowest BCUT2D eigenvalue weighted by atomic mass is 9.87. The third kappa shape index (κ3) is 6.86. The van der Waals surface area contributed by atoms with Crippen molar-refractivity contribution in [1.82, 2.24) is 10.6 Å². The Hall–Kier alpha value is -2.58. The molecule has 2 amide bonds. The summed E-state index contributed by atoms with van der Waals surface area (Å²) < 4.78 is 42.3.